The van der Waals surface area contributed by atoms with E-state index in [1.165, 1.54) is 10.4 Å². The zero-order chi connectivity index (χ0) is 30.8. The number of amides is 1. The molecule has 0 saturated carbocycles. The van der Waals surface area contributed by atoms with Crippen LogP contribution in [0.3, 0.4) is 0 Å². The Labute approximate surface area is 254 Å². The minimum Gasteiger partial charge on any atom is -0.395 e. The third-order valence-electron chi connectivity index (χ3n) is 6.71. The van der Waals surface area contributed by atoms with Gasteiger partial charge in [-0.25, -0.2) is 16.8 Å². The van der Waals surface area contributed by atoms with Gasteiger partial charge in [-0.3, -0.25) is 4.79 Å². The topological polar surface area (TPSA) is 133 Å². The van der Waals surface area contributed by atoms with Crippen LogP contribution in [0.5, 0.6) is 0 Å². The fourth-order valence-corrected chi connectivity index (χ4v) is 8.53. The highest BCUT2D eigenvalue weighted by Gasteiger charge is 2.31. The van der Waals surface area contributed by atoms with Crippen LogP contribution in [0.2, 0.25) is 0 Å². The number of aliphatic hydroxyl groups excluding tert-OH is 1. The lowest BCUT2D eigenvalue weighted by molar-refractivity contribution is -0.122. The highest BCUT2D eigenvalue weighted by molar-refractivity contribution is 7.91. The summed E-state index contributed by atoms with van der Waals surface area (Å²) in [7, 11) is -7.69. The monoisotopic (exact) mass is 635 g/mol. The van der Waals surface area contributed by atoms with Gasteiger partial charge in [-0.05, 0) is 61.2 Å². The van der Waals surface area contributed by atoms with Crippen LogP contribution < -0.4 is 10.0 Å². The largest absolute Gasteiger partial charge is 0.395 e. The van der Waals surface area contributed by atoms with Crippen LogP contribution in [0.25, 0.3) is 0 Å². The Morgan fingerprint density at radius 3 is 2.24 bits per heavy atom. The quantitative estimate of drug-likeness (QED) is 0.193. The van der Waals surface area contributed by atoms with Crippen LogP contribution in [0.1, 0.15) is 44.2 Å². The summed E-state index contributed by atoms with van der Waals surface area (Å²) in [4.78, 5) is 13.3. The van der Waals surface area contributed by atoms with Gasteiger partial charge in [-0.2, -0.15) is 9.03 Å². The average Bonchev–Trinajstić information content (AvgIpc) is 3.51. The van der Waals surface area contributed by atoms with E-state index in [-0.39, 0.29) is 41.1 Å². The lowest BCUT2D eigenvalue weighted by Crippen LogP contribution is -2.48. The molecule has 0 radical (unpaired) electrons. The maximum atomic E-state index is 13.5. The first-order valence-electron chi connectivity index (χ1n) is 14.0. The maximum Gasteiger partial charge on any atom is 0.250 e. The second-order valence-corrected chi connectivity index (χ2v) is 15.5. The first kappa shape index (κ1) is 33.9. The van der Waals surface area contributed by atoms with Gasteiger partial charge < -0.3 is 10.4 Å². The Kier molecular flexibility index (Phi) is 12.7. The summed E-state index contributed by atoms with van der Waals surface area (Å²) in [6.45, 7) is 5.97. The molecule has 1 amide bonds. The molecule has 42 heavy (non-hydrogen) atoms. The number of aryl methyl sites for hydroxylation is 1. The minimum absolute atomic E-state index is 0.0538. The van der Waals surface area contributed by atoms with Crippen molar-refractivity contribution >= 4 is 37.3 Å². The maximum absolute atomic E-state index is 13.5. The van der Waals surface area contributed by atoms with Gasteiger partial charge >= 0.3 is 0 Å². The van der Waals surface area contributed by atoms with Crippen LogP contribution in [0.15, 0.2) is 81.2 Å². The van der Waals surface area contributed by atoms with Gasteiger partial charge in [0.15, 0.2) is 0 Å². The van der Waals surface area contributed by atoms with Crippen LogP contribution in [-0.2, 0) is 31.3 Å². The van der Waals surface area contributed by atoms with Crippen molar-refractivity contribution in [1.29, 1.82) is 0 Å². The van der Waals surface area contributed by atoms with Gasteiger partial charge in [-0.1, -0.05) is 74.4 Å². The molecule has 1 heterocycles. The molecule has 2 atom stereocenters. The Balaban J connectivity index is 1.62. The molecule has 2 aromatic carbocycles. The Morgan fingerprint density at radius 1 is 0.952 bits per heavy atom. The molecule has 0 bridgehead atoms. The number of thiophene rings is 1. The Morgan fingerprint density at radius 2 is 1.64 bits per heavy atom. The summed E-state index contributed by atoms with van der Waals surface area (Å²) in [5, 5.41) is 14.7. The molecule has 3 aromatic rings. The summed E-state index contributed by atoms with van der Waals surface area (Å²) in [5.41, 5.74) is 1.77. The first-order chi connectivity index (χ1) is 19.9. The molecule has 12 heteroatoms. The number of unbranched alkanes of at least 4 members (excludes halogenated alkanes) is 1. The number of sulfonamides is 2. The molecule has 3 rings (SSSR count). The van der Waals surface area contributed by atoms with Crippen LogP contribution in [-0.4, -0.2) is 63.9 Å². The van der Waals surface area contributed by atoms with E-state index in [1.54, 1.807) is 35.7 Å². The number of benzene rings is 2. The molecular weight excluding hydrogens is 595 g/mol. The van der Waals surface area contributed by atoms with Crippen molar-refractivity contribution in [1.82, 2.24) is 14.3 Å². The van der Waals surface area contributed by atoms with Crippen LogP contribution in [0, 0.1) is 12.8 Å². The van der Waals surface area contributed by atoms with Gasteiger partial charge in [0.2, 0.25) is 15.9 Å². The zero-order valence-corrected chi connectivity index (χ0v) is 26.7. The number of carbonyl (C=O) groups is 1. The van der Waals surface area contributed by atoms with E-state index in [4.69, 9.17) is 0 Å². The van der Waals surface area contributed by atoms with E-state index in [9.17, 15) is 26.7 Å². The molecule has 0 spiro atoms. The SMILES string of the molecule is Cc1ccc(S(=O)(=O)N(CC(C)C)[C@H](CO)CCCCNC(=O)[C@H](Cc2ccccc2)NS(=O)(=O)c2cccs2)cc1. The standard InChI is InChI=1S/C30H41N3O6S3/c1-23(2)21-33(42(38,39)27-16-14-24(3)15-17-27)26(22-34)12-7-8-18-31-30(35)28(20-25-10-5-4-6-11-25)32-41(36,37)29-13-9-19-40-29/h4-6,9-11,13-17,19,23,26,28,32,34H,7-8,12,18,20-22H2,1-3H3,(H,31,35)/t26-,28-/m0/s1. The number of aliphatic hydroxyl groups is 1. The predicted octanol–water partition coefficient (Wildman–Crippen LogP) is 3.94. The minimum atomic E-state index is -3.87. The highest BCUT2D eigenvalue weighted by Crippen LogP contribution is 2.23. The van der Waals surface area contributed by atoms with E-state index >= 15 is 0 Å². The summed E-state index contributed by atoms with van der Waals surface area (Å²) < 4.78 is 56.8. The number of hydrogen-bond donors (Lipinski definition) is 3. The zero-order valence-electron chi connectivity index (χ0n) is 24.3. The second kappa shape index (κ2) is 15.7. The van der Waals surface area contributed by atoms with E-state index in [0.717, 1.165) is 22.5 Å². The summed E-state index contributed by atoms with van der Waals surface area (Å²) in [5.74, 6) is -0.390. The van der Waals surface area contributed by atoms with Gasteiger partial charge in [0.05, 0.1) is 11.5 Å². The second-order valence-electron chi connectivity index (χ2n) is 10.7. The molecule has 3 N–H and O–H groups in total. The number of carbonyl (C=O) groups excluding carboxylic acids is 1. The smallest absolute Gasteiger partial charge is 0.250 e. The molecule has 0 aliphatic heterocycles. The van der Waals surface area contributed by atoms with Crippen LogP contribution >= 0.6 is 11.3 Å². The van der Waals surface area contributed by atoms with Gasteiger partial charge in [-0.15, -0.1) is 11.3 Å². The molecule has 230 valence electrons. The van der Waals surface area contributed by atoms with E-state index in [0.29, 0.717) is 19.3 Å². The molecule has 0 unspecified atom stereocenters. The average molecular weight is 636 g/mol. The van der Waals surface area contributed by atoms with Crippen molar-refractivity contribution in [2.24, 2.45) is 5.92 Å². The van der Waals surface area contributed by atoms with Crippen molar-refractivity contribution in [3.63, 3.8) is 0 Å². The number of rotatable bonds is 17. The van der Waals surface area contributed by atoms with Crippen molar-refractivity contribution in [3.05, 3.63) is 83.2 Å². The third kappa shape index (κ3) is 9.72. The first-order valence-corrected chi connectivity index (χ1v) is 17.8. The number of nitrogens with one attached hydrogen (secondary N) is 2. The molecule has 0 aliphatic rings. The summed E-state index contributed by atoms with van der Waals surface area (Å²) in [6, 6.07) is 17.4. The summed E-state index contributed by atoms with van der Waals surface area (Å²) in [6.07, 6.45) is 1.67. The van der Waals surface area contributed by atoms with Crippen LogP contribution in [0.4, 0.5) is 0 Å². The predicted molar refractivity (Wildman–Crippen MR) is 166 cm³/mol. The van der Waals surface area contributed by atoms with Crippen molar-refractivity contribution in [2.45, 2.75) is 67.6 Å². The van der Waals surface area contributed by atoms with E-state index in [1.807, 2.05) is 51.1 Å². The lowest BCUT2D eigenvalue weighted by Gasteiger charge is -2.31. The molecule has 1 aromatic heterocycles. The normalized spacial score (nSPS) is 13.8. The highest BCUT2D eigenvalue weighted by atomic mass is 32.2. The van der Waals surface area contributed by atoms with E-state index < -0.39 is 38.0 Å². The number of nitrogens with zero attached hydrogens (tertiary/aromatic N) is 1. The molecular formula is C30H41N3O6S3. The fourth-order valence-electron chi connectivity index (χ4n) is 4.51. The van der Waals surface area contributed by atoms with Crippen molar-refractivity contribution < 1.29 is 26.7 Å². The van der Waals surface area contributed by atoms with Gasteiger partial charge in [0.25, 0.3) is 10.0 Å². The molecule has 0 aliphatic carbocycles. The molecule has 0 fully saturated rings. The van der Waals surface area contributed by atoms with E-state index in [2.05, 4.69) is 10.0 Å². The molecule has 0 saturated heterocycles. The van der Waals surface area contributed by atoms with Crippen molar-refractivity contribution in [2.75, 3.05) is 19.7 Å². The lowest BCUT2D eigenvalue weighted by atomic mass is 10.1. The number of hydrogen-bond acceptors (Lipinski definition) is 7. The van der Waals surface area contributed by atoms with Crippen molar-refractivity contribution in [3.8, 4) is 0 Å². The Hall–Kier alpha value is -2.61. The third-order valence-corrected chi connectivity index (χ3v) is 11.5. The Bertz CT molecular complexity index is 1460. The van der Waals surface area contributed by atoms with Gasteiger partial charge in [0.1, 0.15) is 10.3 Å². The van der Waals surface area contributed by atoms with Gasteiger partial charge in [0, 0.05) is 19.1 Å². The molecule has 9 nitrogen and oxygen atoms in total. The fraction of sp³-hybridized carbons (Fsp3) is 0.433. The summed E-state index contributed by atoms with van der Waals surface area (Å²) >= 11 is 1.08.